The highest BCUT2D eigenvalue weighted by Crippen LogP contribution is 2.40. The van der Waals surface area contributed by atoms with Gasteiger partial charge in [0.2, 0.25) is 0 Å². The molecule has 0 fully saturated rings. The van der Waals surface area contributed by atoms with Crippen LogP contribution in [0.25, 0.3) is 0 Å². The summed E-state index contributed by atoms with van der Waals surface area (Å²) in [6.07, 6.45) is 1.06. The van der Waals surface area contributed by atoms with Crippen LogP contribution < -0.4 is 9.31 Å². The lowest BCUT2D eigenvalue weighted by atomic mass is 9.86. The molecule has 0 aliphatic carbocycles. The summed E-state index contributed by atoms with van der Waals surface area (Å²) in [6.45, 7) is 12.7. The Hall–Kier alpha value is -1.16. The van der Waals surface area contributed by atoms with Crippen molar-refractivity contribution < 1.29 is 14.0 Å². The average Bonchev–Trinajstić information content (AvgIpc) is 2.70. The van der Waals surface area contributed by atoms with Crippen LogP contribution >= 0.6 is 0 Å². The van der Waals surface area contributed by atoms with Gasteiger partial charge in [0.15, 0.2) is 0 Å². The van der Waals surface area contributed by atoms with E-state index in [1.165, 1.54) is 5.56 Å². The predicted molar refractivity (Wildman–Crippen MR) is 77.7 cm³/mol. The molecule has 0 aromatic heterocycles. The first-order valence-corrected chi connectivity index (χ1v) is 6.95. The van der Waals surface area contributed by atoms with Gasteiger partial charge in [-0.2, -0.15) is 0 Å². The maximum absolute atomic E-state index is 5.75. The second kappa shape index (κ2) is 5.08. The Morgan fingerprint density at radius 1 is 1.26 bits per heavy atom. The largest absolute Gasteiger partial charge is 0.788 e. The third-order valence-corrected chi connectivity index (χ3v) is 3.46. The van der Waals surface area contributed by atoms with Gasteiger partial charge in [0.1, 0.15) is 11.5 Å². The molecule has 19 heavy (non-hydrogen) atoms. The van der Waals surface area contributed by atoms with E-state index >= 15 is 0 Å². The van der Waals surface area contributed by atoms with Crippen molar-refractivity contribution in [3.05, 3.63) is 23.3 Å². The first-order chi connectivity index (χ1) is 8.81. The third kappa shape index (κ3) is 3.06. The molecule has 0 saturated heterocycles. The second-order valence-corrected chi connectivity index (χ2v) is 6.25. The predicted octanol–water partition coefficient (Wildman–Crippen LogP) is 3.86. The van der Waals surface area contributed by atoms with E-state index in [1.807, 2.05) is 13.8 Å². The summed E-state index contributed by atoms with van der Waals surface area (Å²) in [5.74, 6) is 1.60. The van der Waals surface area contributed by atoms with Crippen LogP contribution in [0, 0.1) is 6.92 Å². The lowest BCUT2D eigenvalue weighted by Crippen LogP contribution is -2.32. The molecular weight excluding hydrogens is 239 g/mol. The molecule has 0 bridgehead atoms. The SMILES string of the molecule is CCC(C)OB1Oc2cc(C(C)(C)C)cc(C)c2O1. The summed E-state index contributed by atoms with van der Waals surface area (Å²) in [7, 11) is -0.612. The number of hydrogen-bond donors (Lipinski definition) is 0. The van der Waals surface area contributed by atoms with Crippen molar-refractivity contribution in [1.82, 2.24) is 0 Å². The van der Waals surface area contributed by atoms with E-state index in [-0.39, 0.29) is 11.5 Å². The van der Waals surface area contributed by atoms with Gasteiger partial charge in [0.05, 0.1) is 0 Å². The van der Waals surface area contributed by atoms with Crippen molar-refractivity contribution in [2.24, 2.45) is 0 Å². The molecule has 4 heteroatoms. The zero-order chi connectivity index (χ0) is 14.2. The van der Waals surface area contributed by atoms with Crippen molar-refractivity contribution in [3.8, 4) is 11.5 Å². The fourth-order valence-electron chi connectivity index (χ4n) is 1.98. The van der Waals surface area contributed by atoms with Crippen molar-refractivity contribution in [2.45, 2.75) is 59.5 Å². The Morgan fingerprint density at radius 3 is 2.53 bits per heavy atom. The fourth-order valence-corrected chi connectivity index (χ4v) is 1.98. The van der Waals surface area contributed by atoms with E-state index in [2.05, 4.69) is 39.8 Å². The van der Waals surface area contributed by atoms with E-state index in [1.54, 1.807) is 0 Å². The standard InChI is InChI=1S/C15H23BO3/c1-7-11(3)17-16-18-13-9-12(15(4,5)6)8-10(2)14(13)19-16/h8-9,11H,7H2,1-6H3. The van der Waals surface area contributed by atoms with Gasteiger partial charge in [0.25, 0.3) is 0 Å². The second-order valence-electron chi connectivity index (χ2n) is 6.25. The quantitative estimate of drug-likeness (QED) is 0.774. The molecule has 0 amide bonds. The summed E-state index contributed by atoms with van der Waals surface area (Å²) in [5, 5.41) is 0. The summed E-state index contributed by atoms with van der Waals surface area (Å²) in [6, 6.07) is 4.22. The Balaban J connectivity index is 2.21. The number of hydrogen-bond acceptors (Lipinski definition) is 3. The molecule has 2 rings (SSSR count). The van der Waals surface area contributed by atoms with Crippen molar-refractivity contribution >= 4 is 7.32 Å². The van der Waals surface area contributed by atoms with Crippen LogP contribution in [0.3, 0.4) is 0 Å². The minimum Gasteiger partial charge on any atom is -0.498 e. The molecular formula is C15H23BO3. The summed E-state index contributed by atoms with van der Waals surface area (Å²) < 4.78 is 17.2. The van der Waals surface area contributed by atoms with Gasteiger partial charge >= 0.3 is 7.32 Å². The van der Waals surface area contributed by atoms with Gasteiger partial charge in [-0.15, -0.1) is 0 Å². The van der Waals surface area contributed by atoms with E-state index in [0.29, 0.717) is 0 Å². The van der Waals surface area contributed by atoms with Gasteiger partial charge < -0.3 is 14.0 Å². The van der Waals surface area contributed by atoms with E-state index < -0.39 is 7.32 Å². The van der Waals surface area contributed by atoms with Crippen molar-refractivity contribution in [2.75, 3.05) is 0 Å². The maximum Gasteiger partial charge on any atom is 0.788 e. The molecule has 1 aliphatic heterocycles. The Morgan fingerprint density at radius 2 is 1.95 bits per heavy atom. The molecule has 1 atom stereocenters. The van der Waals surface area contributed by atoms with Crippen LogP contribution in [-0.4, -0.2) is 13.4 Å². The maximum atomic E-state index is 5.75. The minimum absolute atomic E-state index is 0.0960. The summed E-state index contributed by atoms with van der Waals surface area (Å²) >= 11 is 0. The van der Waals surface area contributed by atoms with Gasteiger partial charge in [-0.3, -0.25) is 0 Å². The van der Waals surface area contributed by atoms with Crippen molar-refractivity contribution in [1.29, 1.82) is 0 Å². The molecule has 0 radical (unpaired) electrons. The minimum atomic E-state index is -0.612. The third-order valence-electron chi connectivity index (χ3n) is 3.46. The molecule has 104 valence electrons. The molecule has 0 N–H and O–H groups in total. The molecule has 0 spiro atoms. The zero-order valence-electron chi connectivity index (χ0n) is 12.7. The normalized spacial score (nSPS) is 15.8. The highest BCUT2D eigenvalue weighted by atomic mass is 16.8. The van der Waals surface area contributed by atoms with Gasteiger partial charge in [-0.1, -0.05) is 33.8 Å². The summed E-state index contributed by atoms with van der Waals surface area (Å²) in [5.41, 5.74) is 2.44. The Kier molecular flexibility index (Phi) is 3.81. The number of rotatable bonds is 3. The van der Waals surface area contributed by atoms with Crippen LogP contribution in [0.4, 0.5) is 0 Å². The van der Waals surface area contributed by atoms with Crippen LogP contribution in [0.2, 0.25) is 0 Å². The first kappa shape index (κ1) is 14.3. The average molecular weight is 262 g/mol. The monoisotopic (exact) mass is 262 g/mol. The zero-order valence-corrected chi connectivity index (χ0v) is 12.7. The number of fused-ring (bicyclic) bond motifs is 1. The van der Waals surface area contributed by atoms with E-state index in [4.69, 9.17) is 14.0 Å². The van der Waals surface area contributed by atoms with Crippen LogP contribution in [0.15, 0.2) is 12.1 Å². The Bertz CT molecular complexity index is 465. The number of benzene rings is 1. The first-order valence-electron chi connectivity index (χ1n) is 6.95. The van der Waals surface area contributed by atoms with Gasteiger partial charge in [-0.25, -0.2) is 0 Å². The summed E-state index contributed by atoms with van der Waals surface area (Å²) in [4.78, 5) is 0. The highest BCUT2D eigenvalue weighted by Gasteiger charge is 2.38. The topological polar surface area (TPSA) is 27.7 Å². The van der Waals surface area contributed by atoms with Gasteiger partial charge in [-0.05, 0) is 42.9 Å². The molecule has 0 saturated carbocycles. The smallest absolute Gasteiger partial charge is 0.498 e. The van der Waals surface area contributed by atoms with Crippen molar-refractivity contribution in [3.63, 3.8) is 0 Å². The molecule has 1 heterocycles. The van der Waals surface area contributed by atoms with Crippen LogP contribution in [0.1, 0.15) is 52.2 Å². The number of aryl methyl sites for hydroxylation is 1. The lowest BCUT2D eigenvalue weighted by molar-refractivity contribution is 0.152. The lowest BCUT2D eigenvalue weighted by Gasteiger charge is -2.20. The molecule has 1 aromatic carbocycles. The molecule has 1 aliphatic rings. The van der Waals surface area contributed by atoms with Gasteiger partial charge in [0, 0.05) is 6.10 Å². The Labute approximate surface area is 116 Å². The highest BCUT2D eigenvalue weighted by molar-refractivity contribution is 6.40. The molecule has 1 unspecified atom stereocenters. The van der Waals surface area contributed by atoms with E-state index in [9.17, 15) is 0 Å². The molecule has 1 aromatic rings. The fraction of sp³-hybridized carbons (Fsp3) is 0.600. The van der Waals surface area contributed by atoms with E-state index in [0.717, 1.165) is 23.5 Å². The molecule has 3 nitrogen and oxygen atoms in total. The van der Waals surface area contributed by atoms with Crippen LogP contribution in [0.5, 0.6) is 11.5 Å². The van der Waals surface area contributed by atoms with Crippen LogP contribution in [-0.2, 0) is 10.1 Å².